The fourth-order valence-corrected chi connectivity index (χ4v) is 2.22. The summed E-state index contributed by atoms with van der Waals surface area (Å²) in [6.45, 7) is 4.78. The molecular formula is C15H17FN4O. The number of para-hydroxylation sites is 1. The Labute approximate surface area is 122 Å². The zero-order valence-electron chi connectivity index (χ0n) is 11.8. The minimum absolute atomic E-state index is 0.304. The lowest BCUT2D eigenvalue weighted by Crippen LogP contribution is -2.37. The van der Waals surface area contributed by atoms with Gasteiger partial charge < -0.3 is 15.0 Å². The number of hydrogen-bond donors (Lipinski definition) is 1. The second kappa shape index (κ2) is 6.05. The lowest BCUT2D eigenvalue weighted by atomic mass is 10.3. The molecule has 1 saturated heterocycles. The molecule has 0 radical (unpaired) electrons. The molecule has 1 aliphatic heterocycles. The van der Waals surface area contributed by atoms with Crippen LogP contribution in [0.25, 0.3) is 0 Å². The topological polar surface area (TPSA) is 50.3 Å². The molecule has 0 bridgehead atoms. The van der Waals surface area contributed by atoms with Crippen molar-refractivity contribution in [1.29, 1.82) is 0 Å². The van der Waals surface area contributed by atoms with Gasteiger partial charge in [0.1, 0.15) is 11.6 Å². The Balaban J connectivity index is 1.85. The molecule has 1 fully saturated rings. The van der Waals surface area contributed by atoms with Crippen molar-refractivity contribution in [1.82, 2.24) is 9.97 Å². The average molecular weight is 288 g/mol. The smallest absolute Gasteiger partial charge is 0.227 e. The van der Waals surface area contributed by atoms with E-state index in [1.807, 2.05) is 6.92 Å². The first-order valence-corrected chi connectivity index (χ1v) is 6.92. The van der Waals surface area contributed by atoms with E-state index in [9.17, 15) is 4.39 Å². The number of aryl methyl sites for hydroxylation is 1. The molecule has 0 saturated carbocycles. The number of nitrogens with zero attached hydrogens (tertiary/aromatic N) is 3. The quantitative estimate of drug-likeness (QED) is 0.940. The minimum Gasteiger partial charge on any atom is -0.378 e. The van der Waals surface area contributed by atoms with Crippen molar-refractivity contribution in [3.63, 3.8) is 0 Å². The van der Waals surface area contributed by atoms with Crippen LogP contribution < -0.4 is 10.2 Å². The first-order chi connectivity index (χ1) is 10.2. The summed E-state index contributed by atoms with van der Waals surface area (Å²) in [5, 5.41) is 3.01. The van der Waals surface area contributed by atoms with Crippen molar-refractivity contribution in [2.45, 2.75) is 6.92 Å². The molecule has 0 aliphatic carbocycles. The lowest BCUT2D eigenvalue weighted by molar-refractivity contribution is 0.122. The van der Waals surface area contributed by atoms with E-state index in [1.54, 1.807) is 24.3 Å². The Morgan fingerprint density at radius 3 is 2.71 bits per heavy atom. The molecule has 0 atom stereocenters. The number of anilines is 3. The number of ether oxygens (including phenoxy) is 1. The largest absolute Gasteiger partial charge is 0.378 e. The highest BCUT2D eigenvalue weighted by Gasteiger charge is 2.15. The molecule has 2 aromatic rings. The van der Waals surface area contributed by atoms with Gasteiger partial charge in [-0.15, -0.1) is 0 Å². The monoisotopic (exact) mass is 288 g/mol. The molecule has 110 valence electrons. The van der Waals surface area contributed by atoms with Gasteiger partial charge in [0.05, 0.1) is 18.9 Å². The third-order valence-corrected chi connectivity index (χ3v) is 3.27. The summed E-state index contributed by atoms with van der Waals surface area (Å²) in [4.78, 5) is 11.0. The number of hydrogen-bond acceptors (Lipinski definition) is 5. The molecule has 0 amide bonds. The van der Waals surface area contributed by atoms with Crippen LogP contribution in [-0.4, -0.2) is 36.3 Å². The Morgan fingerprint density at radius 1 is 1.19 bits per heavy atom. The Kier molecular flexibility index (Phi) is 3.96. The second-order valence-electron chi connectivity index (χ2n) is 4.90. The molecule has 0 unspecified atom stereocenters. The number of halogens is 1. The van der Waals surface area contributed by atoms with E-state index in [0.717, 1.165) is 18.8 Å². The molecule has 21 heavy (non-hydrogen) atoms. The maximum atomic E-state index is 13.7. The van der Waals surface area contributed by atoms with Gasteiger partial charge in [-0.2, -0.15) is 4.98 Å². The van der Waals surface area contributed by atoms with Crippen molar-refractivity contribution >= 4 is 17.5 Å². The molecule has 0 spiro atoms. The molecule has 6 heteroatoms. The fourth-order valence-electron chi connectivity index (χ4n) is 2.22. The SMILES string of the molecule is Cc1cc(Nc2ccccc2F)nc(N2CCOCC2)n1. The van der Waals surface area contributed by atoms with Crippen LogP contribution in [0, 0.1) is 12.7 Å². The highest BCUT2D eigenvalue weighted by Crippen LogP contribution is 2.21. The van der Waals surface area contributed by atoms with Gasteiger partial charge in [-0.3, -0.25) is 0 Å². The van der Waals surface area contributed by atoms with Crippen LogP contribution in [0.3, 0.4) is 0 Å². The Hall–Kier alpha value is -2.21. The molecule has 1 N–H and O–H groups in total. The molecule has 2 heterocycles. The fraction of sp³-hybridized carbons (Fsp3) is 0.333. The van der Waals surface area contributed by atoms with E-state index in [1.165, 1.54) is 6.07 Å². The van der Waals surface area contributed by atoms with Gasteiger partial charge in [0, 0.05) is 24.8 Å². The van der Waals surface area contributed by atoms with Crippen molar-refractivity contribution < 1.29 is 9.13 Å². The summed E-state index contributed by atoms with van der Waals surface area (Å²) in [5.74, 6) is 0.938. The third kappa shape index (κ3) is 3.28. The van der Waals surface area contributed by atoms with Gasteiger partial charge in [0.25, 0.3) is 0 Å². The van der Waals surface area contributed by atoms with Crippen LogP contribution in [0.1, 0.15) is 5.69 Å². The van der Waals surface area contributed by atoms with E-state index in [-0.39, 0.29) is 5.82 Å². The lowest BCUT2D eigenvalue weighted by Gasteiger charge is -2.27. The number of aromatic nitrogens is 2. The van der Waals surface area contributed by atoms with E-state index in [0.29, 0.717) is 30.7 Å². The van der Waals surface area contributed by atoms with Gasteiger partial charge in [-0.25, -0.2) is 9.37 Å². The van der Waals surface area contributed by atoms with Gasteiger partial charge in [-0.05, 0) is 19.1 Å². The predicted octanol–water partition coefficient (Wildman–Crippen LogP) is 2.50. The van der Waals surface area contributed by atoms with Crippen LogP contribution in [-0.2, 0) is 4.74 Å². The van der Waals surface area contributed by atoms with Crippen molar-refractivity contribution in [2.75, 3.05) is 36.5 Å². The summed E-state index contributed by atoms with van der Waals surface area (Å²) in [7, 11) is 0. The summed E-state index contributed by atoms with van der Waals surface area (Å²) >= 11 is 0. The summed E-state index contributed by atoms with van der Waals surface area (Å²) in [5.41, 5.74) is 1.24. The molecule has 5 nitrogen and oxygen atoms in total. The molecule has 1 aromatic heterocycles. The van der Waals surface area contributed by atoms with E-state index in [4.69, 9.17) is 4.74 Å². The van der Waals surface area contributed by atoms with Gasteiger partial charge in [-0.1, -0.05) is 12.1 Å². The molecule has 3 rings (SSSR count). The van der Waals surface area contributed by atoms with Gasteiger partial charge in [0.15, 0.2) is 0 Å². The highest BCUT2D eigenvalue weighted by atomic mass is 19.1. The van der Waals surface area contributed by atoms with Crippen LogP contribution in [0.2, 0.25) is 0 Å². The zero-order chi connectivity index (χ0) is 14.7. The summed E-state index contributed by atoms with van der Waals surface area (Å²) in [6, 6.07) is 8.34. The number of nitrogens with one attached hydrogen (secondary N) is 1. The number of morpholine rings is 1. The summed E-state index contributed by atoms with van der Waals surface area (Å²) < 4.78 is 19.0. The maximum absolute atomic E-state index is 13.7. The Morgan fingerprint density at radius 2 is 1.95 bits per heavy atom. The molecule has 1 aromatic carbocycles. The molecule has 1 aliphatic rings. The Bertz CT molecular complexity index is 629. The van der Waals surface area contributed by atoms with E-state index in [2.05, 4.69) is 20.2 Å². The van der Waals surface area contributed by atoms with Crippen LogP contribution in [0.5, 0.6) is 0 Å². The predicted molar refractivity (Wildman–Crippen MR) is 79.5 cm³/mol. The highest BCUT2D eigenvalue weighted by molar-refractivity contribution is 5.58. The van der Waals surface area contributed by atoms with Gasteiger partial charge in [0.2, 0.25) is 5.95 Å². The standard InChI is InChI=1S/C15H17FN4O/c1-11-10-14(18-13-5-3-2-4-12(13)16)19-15(17-11)20-6-8-21-9-7-20/h2-5,10H,6-9H2,1H3,(H,17,18,19). The maximum Gasteiger partial charge on any atom is 0.227 e. The first kappa shape index (κ1) is 13.8. The van der Waals surface area contributed by atoms with Crippen molar-refractivity contribution in [3.05, 3.63) is 41.8 Å². The normalized spacial score (nSPS) is 15.0. The van der Waals surface area contributed by atoms with Crippen molar-refractivity contribution in [2.24, 2.45) is 0 Å². The van der Waals surface area contributed by atoms with Crippen LogP contribution in [0.15, 0.2) is 30.3 Å². The number of rotatable bonds is 3. The van der Waals surface area contributed by atoms with Gasteiger partial charge >= 0.3 is 0 Å². The first-order valence-electron chi connectivity index (χ1n) is 6.92. The van der Waals surface area contributed by atoms with Crippen molar-refractivity contribution in [3.8, 4) is 0 Å². The number of benzene rings is 1. The van der Waals surface area contributed by atoms with E-state index < -0.39 is 0 Å². The van der Waals surface area contributed by atoms with Crippen LogP contribution in [0.4, 0.5) is 21.8 Å². The molecular weight excluding hydrogens is 271 g/mol. The third-order valence-electron chi connectivity index (χ3n) is 3.27. The zero-order valence-corrected chi connectivity index (χ0v) is 11.8. The average Bonchev–Trinajstić information content (AvgIpc) is 2.50. The summed E-state index contributed by atoms with van der Waals surface area (Å²) in [6.07, 6.45) is 0. The second-order valence-corrected chi connectivity index (χ2v) is 4.90. The van der Waals surface area contributed by atoms with E-state index >= 15 is 0 Å². The minimum atomic E-state index is -0.304. The van der Waals surface area contributed by atoms with Crippen LogP contribution >= 0.6 is 0 Å².